The molecule has 0 N–H and O–H groups in total. The Morgan fingerprint density at radius 1 is 0.897 bits per heavy atom. The second-order valence-electron chi connectivity index (χ2n) is 8.78. The van der Waals surface area contributed by atoms with Crippen LogP contribution in [0.1, 0.15) is 47.1 Å². The summed E-state index contributed by atoms with van der Waals surface area (Å²) in [5, 5.41) is -1.77. The van der Waals surface area contributed by atoms with Gasteiger partial charge < -0.3 is 4.90 Å². The van der Waals surface area contributed by atoms with E-state index in [0.29, 0.717) is 0 Å². The summed E-state index contributed by atoms with van der Waals surface area (Å²) >= 11 is 0. The molecule has 1 aliphatic rings. The quantitative estimate of drug-likeness (QED) is 0.693. The fourth-order valence-electron chi connectivity index (χ4n) is 3.23. The third kappa shape index (κ3) is 5.00. The first-order valence-corrected chi connectivity index (χ1v) is 12.9. The van der Waals surface area contributed by atoms with Gasteiger partial charge in [-0.3, -0.25) is 4.79 Å². The van der Waals surface area contributed by atoms with E-state index < -0.39 is 36.3 Å². The number of carbonyl (C=O) groups is 1. The molecule has 1 aliphatic heterocycles. The smallest absolute Gasteiger partial charge is 0.243 e. The molecule has 0 aromatic heterocycles. The fourth-order valence-corrected chi connectivity index (χ4v) is 5.90. The van der Waals surface area contributed by atoms with E-state index in [0.717, 1.165) is 5.56 Å². The van der Waals surface area contributed by atoms with Crippen LogP contribution >= 0.6 is 0 Å². The summed E-state index contributed by atoms with van der Waals surface area (Å²) in [6.45, 7) is 11.3. The number of piperazine rings is 1. The van der Waals surface area contributed by atoms with Crippen LogP contribution < -0.4 is 0 Å². The molecule has 7 nitrogen and oxygen atoms in total. The zero-order valence-electron chi connectivity index (χ0n) is 18.0. The Morgan fingerprint density at radius 3 is 1.79 bits per heavy atom. The summed E-state index contributed by atoms with van der Waals surface area (Å²) in [7, 11) is -7.21. The van der Waals surface area contributed by atoms with E-state index in [9.17, 15) is 21.6 Å². The number of nitrogens with zero attached hydrogens (tertiary/aromatic N) is 2. The highest BCUT2D eigenvalue weighted by molar-refractivity contribution is 7.93. The average Bonchev–Trinajstić information content (AvgIpc) is 2.66. The van der Waals surface area contributed by atoms with Crippen LogP contribution in [0.15, 0.2) is 29.2 Å². The Kier molecular flexibility index (Phi) is 6.86. The molecule has 1 fully saturated rings. The van der Waals surface area contributed by atoms with Gasteiger partial charge in [-0.1, -0.05) is 32.9 Å². The van der Waals surface area contributed by atoms with E-state index in [4.69, 9.17) is 0 Å². The number of amides is 1. The Balaban J connectivity index is 2.09. The van der Waals surface area contributed by atoms with Crippen LogP contribution in [0.4, 0.5) is 0 Å². The molecule has 1 unspecified atom stereocenters. The van der Waals surface area contributed by atoms with Crippen molar-refractivity contribution < 1.29 is 21.6 Å². The summed E-state index contributed by atoms with van der Waals surface area (Å²) in [6.07, 6.45) is 0. The highest BCUT2D eigenvalue weighted by Crippen LogP contribution is 2.25. The van der Waals surface area contributed by atoms with Crippen molar-refractivity contribution in [3.8, 4) is 0 Å². The van der Waals surface area contributed by atoms with Gasteiger partial charge in [0.05, 0.1) is 10.1 Å². The second-order valence-corrected chi connectivity index (χ2v) is 13.5. The number of benzene rings is 1. The molecular weight excluding hydrogens is 412 g/mol. The van der Waals surface area contributed by atoms with Crippen molar-refractivity contribution in [3.05, 3.63) is 29.8 Å². The lowest BCUT2D eigenvalue weighted by atomic mass is 9.87. The summed E-state index contributed by atoms with van der Waals surface area (Å²) in [5.74, 6) is -0.467. The molecule has 0 radical (unpaired) electrons. The van der Waals surface area contributed by atoms with E-state index in [-0.39, 0.29) is 36.5 Å². The Hall–Kier alpha value is -1.45. The Bertz CT molecular complexity index is 938. The number of sulfone groups is 1. The molecule has 0 saturated carbocycles. The molecular formula is C20H32N2O5S2. The highest BCUT2D eigenvalue weighted by Gasteiger charge is 2.36. The van der Waals surface area contributed by atoms with Crippen molar-refractivity contribution in [2.24, 2.45) is 0 Å². The molecule has 1 aromatic rings. The molecule has 1 amide bonds. The predicted molar refractivity (Wildman–Crippen MR) is 114 cm³/mol. The molecule has 1 atom stereocenters. The third-order valence-electron chi connectivity index (χ3n) is 5.41. The number of hydrogen-bond acceptors (Lipinski definition) is 5. The Morgan fingerprint density at radius 2 is 1.38 bits per heavy atom. The van der Waals surface area contributed by atoms with Gasteiger partial charge in [0.15, 0.2) is 9.84 Å². The van der Waals surface area contributed by atoms with Gasteiger partial charge in [0.2, 0.25) is 15.9 Å². The molecule has 2 rings (SSSR count). The number of carbonyl (C=O) groups excluding carboxylic acids is 1. The molecule has 29 heavy (non-hydrogen) atoms. The summed E-state index contributed by atoms with van der Waals surface area (Å²) in [6, 6.07) is 6.88. The minimum absolute atomic E-state index is 0.0682. The highest BCUT2D eigenvalue weighted by atomic mass is 32.2. The summed E-state index contributed by atoms with van der Waals surface area (Å²) in [5.41, 5.74) is 0.980. The van der Waals surface area contributed by atoms with Crippen LogP contribution in [0.5, 0.6) is 0 Å². The van der Waals surface area contributed by atoms with Gasteiger partial charge in [-0.2, -0.15) is 4.31 Å². The van der Waals surface area contributed by atoms with Crippen molar-refractivity contribution in [2.45, 2.75) is 62.4 Å². The maximum atomic E-state index is 12.9. The van der Waals surface area contributed by atoms with Gasteiger partial charge in [0.1, 0.15) is 5.25 Å². The fraction of sp³-hybridized carbons (Fsp3) is 0.650. The molecule has 1 aromatic carbocycles. The standard InChI is InChI=1S/C20H32N2O5S2/c1-15(2)28(24,25)16(3)19(23)21-11-13-22(14-12-21)29(26,27)18-9-7-17(8-10-18)20(4,5)6/h7-10,15-16H,11-14H2,1-6H3. The van der Waals surface area contributed by atoms with Gasteiger partial charge in [-0.05, 0) is 43.9 Å². The normalized spacial score (nSPS) is 18.1. The number of rotatable bonds is 5. The minimum atomic E-state index is -3.66. The van der Waals surface area contributed by atoms with Gasteiger partial charge in [-0.15, -0.1) is 0 Å². The maximum Gasteiger partial charge on any atom is 0.243 e. The topological polar surface area (TPSA) is 91.8 Å². The van der Waals surface area contributed by atoms with Gasteiger partial charge >= 0.3 is 0 Å². The largest absolute Gasteiger partial charge is 0.339 e. The maximum absolute atomic E-state index is 12.9. The van der Waals surface area contributed by atoms with Gasteiger partial charge in [0, 0.05) is 26.2 Å². The van der Waals surface area contributed by atoms with Crippen LogP contribution in [0, 0.1) is 0 Å². The zero-order valence-corrected chi connectivity index (χ0v) is 19.7. The van der Waals surface area contributed by atoms with Crippen LogP contribution in [0.25, 0.3) is 0 Å². The average molecular weight is 445 g/mol. The molecule has 0 spiro atoms. The SMILES string of the molecule is CC(C)S(=O)(=O)C(C)C(=O)N1CCN(S(=O)(=O)c2ccc(C(C)(C)C)cc2)CC1. The zero-order chi connectivity index (χ0) is 22.2. The van der Waals surface area contributed by atoms with Crippen molar-refractivity contribution in [2.75, 3.05) is 26.2 Å². The van der Waals surface area contributed by atoms with E-state index in [2.05, 4.69) is 20.8 Å². The first-order valence-electron chi connectivity index (χ1n) is 9.81. The Labute approximate surface area is 175 Å². The van der Waals surface area contributed by atoms with Crippen molar-refractivity contribution in [3.63, 3.8) is 0 Å². The van der Waals surface area contributed by atoms with E-state index in [1.165, 1.54) is 16.1 Å². The van der Waals surface area contributed by atoms with Crippen LogP contribution in [0.2, 0.25) is 0 Å². The lowest BCUT2D eigenvalue weighted by Gasteiger charge is -2.35. The van der Waals surface area contributed by atoms with Crippen molar-refractivity contribution in [1.82, 2.24) is 9.21 Å². The first kappa shape index (κ1) is 23.8. The van der Waals surface area contributed by atoms with Crippen LogP contribution in [-0.4, -0.2) is 68.6 Å². The molecule has 0 bridgehead atoms. The molecule has 0 aliphatic carbocycles. The van der Waals surface area contributed by atoms with Crippen molar-refractivity contribution in [1.29, 1.82) is 0 Å². The third-order valence-corrected chi connectivity index (χ3v) is 9.82. The van der Waals surface area contributed by atoms with E-state index >= 15 is 0 Å². The van der Waals surface area contributed by atoms with Gasteiger partial charge in [0.25, 0.3) is 0 Å². The first-order chi connectivity index (χ1) is 13.2. The van der Waals surface area contributed by atoms with Gasteiger partial charge in [-0.25, -0.2) is 16.8 Å². The van der Waals surface area contributed by atoms with E-state index in [1.807, 2.05) is 12.1 Å². The number of hydrogen-bond donors (Lipinski definition) is 0. The predicted octanol–water partition coefficient (Wildman–Crippen LogP) is 2.03. The summed E-state index contributed by atoms with van der Waals surface area (Å²) < 4.78 is 51.8. The monoisotopic (exact) mass is 444 g/mol. The molecule has 9 heteroatoms. The summed E-state index contributed by atoms with van der Waals surface area (Å²) in [4.78, 5) is 14.3. The lowest BCUT2D eigenvalue weighted by molar-refractivity contribution is -0.131. The van der Waals surface area contributed by atoms with Crippen LogP contribution in [0.3, 0.4) is 0 Å². The number of sulfonamides is 1. The lowest BCUT2D eigenvalue weighted by Crippen LogP contribution is -2.53. The molecule has 1 heterocycles. The minimum Gasteiger partial charge on any atom is -0.339 e. The van der Waals surface area contributed by atoms with Crippen molar-refractivity contribution >= 4 is 25.8 Å². The van der Waals surface area contributed by atoms with E-state index in [1.54, 1.807) is 26.0 Å². The molecule has 1 saturated heterocycles. The second kappa shape index (κ2) is 8.35. The molecule has 164 valence electrons. The van der Waals surface area contributed by atoms with Crippen LogP contribution in [-0.2, 0) is 30.1 Å².